The fourth-order valence-corrected chi connectivity index (χ4v) is 2.85. The van der Waals surface area contributed by atoms with E-state index < -0.39 is 41.9 Å². The number of carbonyl (C=O) groups is 3. The molecule has 0 aliphatic carbocycles. The second-order valence-corrected chi connectivity index (χ2v) is 6.93. The molecule has 0 bridgehead atoms. The lowest BCUT2D eigenvalue weighted by atomic mass is 10.1. The van der Waals surface area contributed by atoms with Crippen molar-refractivity contribution in [2.45, 2.75) is 25.0 Å². The van der Waals surface area contributed by atoms with Crippen LogP contribution < -0.4 is 21.9 Å². The Kier molecular flexibility index (Phi) is 6.94. The lowest BCUT2D eigenvalue weighted by molar-refractivity contribution is -0.141. The Labute approximate surface area is 196 Å². The van der Waals surface area contributed by atoms with Crippen molar-refractivity contribution in [2.24, 2.45) is 5.11 Å². The predicted octanol–water partition coefficient (Wildman–Crippen LogP) is 0.244. The number of carbonyl (C=O) groups excluding carboxylic acids is 1. The lowest BCUT2D eigenvalue weighted by Gasteiger charge is -2.16. The number of nitrogens with zero attached hydrogens (tertiary/aromatic N) is 6. The number of carboxylic acids is 2. The summed E-state index contributed by atoms with van der Waals surface area (Å²) in [6.45, 7) is 0.166. The highest BCUT2D eigenvalue weighted by atomic mass is 16.4. The van der Waals surface area contributed by atoms with Gasteiger partial charge in [-0.2, -0.15) is 4.98 Å². The van der Waals surface area contributed by atoms with E-state index in [-0.39, 0.29) is 29.2 Å². The van der Waals surface area contributed by atoms with Crippen molar-refractivity contribution in [1.82, 2.24) is 25.3 Å². The van der Waals surface area contributed by atoms with Gasteiger partial charge in [0.25, 0.3) is 11.5 Å². The van der Waals surface area contributed by atoms with Crippen LogP contribution in [0.5, 0.6) is 0 Å². The topological polar surface area (TPSA) is 262 Å². The van der Waals surface area contributed by atoms with Gasteiger partial charge in [-0.3, -0.25) is 19.4 Å². The van der Waals surface area contributed by atoms with Crippen LogP contribution in [0.1, 0.15) is 23.8 Å². The first-order valence-electron chi connectivity index (χ1n) is 10.2. The molecule has 3 aromatic rings. The number of fused-ring (bicyclic) bond motifs is 1. The number of aromatic nitrogens is 4. The minimum atomic E-state index is -2.82. The fourth-order valence-electron chi connectivity index (χ4n) is 2.85. The normalized spacial score (nSPS) is 13.5. The summed E-state index contributed by atoms with van der Waals surface area (Å²) in [5.74, 6) is -4.41. The second-order valence-electron chi connectivity index (χ2n) is 6.93. The number of nitrogens with two attached hydrogens (primary N) is 1. The molecule has 2 aromatic heterocycles. The molecule has 1 amide bonds. The molecule has 0 radical (unpaired) electrons. The number of hydrogen-bond donors (Lipinski definition) is 6. The smallest absolute Gasteiger partial charge is 0.326 e. The molecule has 0 aliphatic rings. The molecule has 7 N–H and O–H groups in total. The quantitative estimate of drug-likeness (QED) is 0.129. The van der Waals surface area contributed by atoms with Crippen molar-refractivity contribution in [3.05, 3.63) is 62.5 Å². The van der Waals surface area contributed by atoms with Gasteiger partial charge in [0, 0.05) is 17.5 Å². The van der Waals surface area contributed by atoms with Crippen LogP contribution in [0.3, 0.4) is 0 Å². The van der Waals surface area contributed by atoms with Gasteiger partial charge in [-0.25, -0.2) is 14.8 Å². The molecule has 2 atom stereocenters. The third kappa shape index (κ3) is 6.17. The number of hydrogen-bond acceptors (Lipinski definition) is 10. The zero-order valence-electron chi connectivity index (χ0n) is 18.7. The maximum absolute atomic E-state index is 12.5. The summed E-state index contributed by atoms with van der Waals surface area (Å²) in [6, 6.07) is 1.14. The third-order valence-corrected chi connectivity index (χ3v) is 4.52. The number of H-pyrrole nitrogens is 1. The summed E-state index contributed by atoms with van der Waals surface area (Å²) in [5, 5.41) is 26.4. The van der Waals surface area contributed by atoms with Crippen LogP contribution in [0.25, 0.3) is 21.6 Å². The largest absolute Gasteiger partial charge is 0.481 e. The predicted molar refractivity (Wildman–Crippen MR) is 120 cm³/mol. The van der Waals surface area contributed by atoms with Crippen molar-refractivity contribution in [3.63, 3.8) is 0 Å². The summed E-state index contributed by atoms with van der Waals surface area (Å²) >= 11 is 0. The van der Waals surface area contributed by atoms with Crippen LogP contribution in [0, 0.1) is 0 Å². The molecule has 16 nitrogen and oxygen atoms in total. The molecule has 180 valence electrons. The number of carboxylic acid groups (broad SMARTS) is 2. The Bertz CT molecular complexity index is 1430. The second kappa shape index (κ2) is 10.6. The summed E-state index contributed by atoms with van der Waals surface area (Å²) in [7, 11) is 0. The van der Waals surface area contributed by atoms with E-state index in [1.165, 1.54) is 30.5 Å². The van der Waals surface area contributed by atoms with Crippen LogP contribution in [0.2, 0.25) is 0 Å². The van der Waals surface area contributed by atoms with E-state index in [1.807, 2.05) is 0 Å². The van der Waals surface area contributed by atoms with Gasteiger partial charge in [-0.1, -0.05) is 5.11 Å². The highest BCUT2D eigenvalue weighted by molar-refractivity contribution is 5.97. The molecule has 1 aromatic carbocycles. The molecule has 2 unspecified atom stereocenters. The number of amides is 1. The van der Waals surface area contributed by atoms with E-state index in [4.69, 9.17) is 17.7 Å². The molecule has 0 spiro atoms. The molecule has 3 rings (SSSR count). The van der Waals surface area contributed by atoms with Crippen molar-refractivity contribution < 1.29 is 26.0 Å². The molecule has 2 heterocycles. The van der Waals surface area contributed by atoms with Gasteiger partial charge in [-0.15, -0.1) is 0 Å². The van der Waals surface area contributed by atoms with Crippen LogP contribution in [-0.4, -0.2) is 60.1 Å². The van der Waals surface area contributed by atoms with Crippen molar-refractivity contribution in [1.29, 1.82) is 0 Å². The number of nitrogens with one attached hydrogen (secondary N) is 3. The minimum absolute atomic E-state index is 0.0172. The van der Waals surface area contributed by atoms with E-state index in [2.05, 4.69) is 40.6 Å². The first-order valence-corrected chi connectivity index (χ1v) is 9.71. The zero-order chi connectivity index (χ0) is 26.5. The Morgan fingerprint density at radius 1 is 1.23 bits per heavy atom. The number of aromatic amines is 1. The summed E-state index contributed by atoms with van der Waals surface area (Å²) < 4.78 is 7.68. The Hall–Kier alpha value is -5.24. The number of aliphatic carboxylic acids is 2. The molecule has 0 aliphatic heterocycles. The molecule has 35 heavy (non-hydrogen) atoms. The molecule has 16 heteroatoms. The van der Waals surface area contributed by atoms with Gasteiger partial charge in [0.15, 0.2) is 11.2 Å². The first-order chi connectivity index (χ1) is 17.0. The SMILES string of the molecule is [2H]C(CC(NC(=O)c1ccc(NCc2cnc3nc(N)[nH]c(=O)c3n2)cc1)C(=O)O)(N=[N+]=[N-])C(=O)O. The summed E-state index contributed by atoms with van der Waals surface area (Å²) in [4.78, 5) is 63.8. The van der Waals surface area contributed by atoms with Gasteiger partial charge in [0.1, 0.15) is 12.1 Å². The molecule has 0 saturated heterocycles. The first kappa shape index (κ1) is 22.9. The van der Waals surface area contributed by atoms with Crippen LogP contribution in [0.4, 0.5) is 11.6 Å². The molecule has 0 saturated carbocycles. The van der Waals surface area contributed by atoms with Gasteiger partial charge in [-0.05, 0) is 36.2 Å². The van der Waals surface area contributed by atoms with Gasteiger partial charge < -0.3 is 26.6 Å². The van der Waals surface area contributed by atoms with E-state index >= 15 is 0 Å². The summed E-state index contributed by atoms with van der Waals surface area (Å²) in [5.41, 5.74) is 14.5. The van der Waals surface area contributed by atoms with Gasteiger partial charge in [0.2, 0.25) is 5.95 Å². The van der Waals surface area contributed by atoms with E-state index in [9.17, 15) is 24.3 Å². The third-order valence-electron chi connectivity index (χ3n) is 4.52. The maximum atomic E-state index is 12.5. The van der Waals surface area contributed by atoms with E-state index in [1.54, 1.807) is 0 Å². The van der Waals surface area contributed by atoms with Crippen molar-refractivity contribution >= 4 is 40.6 Å². The lowest BCUT2D eigenvalue weighted by Crippen LogP contribution is -2.43. The molecule has 0 fully saturated rings. The van der Waals surface area contributed by atoms with E-state index in [0.717, 1.165) is 0 Å². The van der Waals surface area contributed by atoms with Gasteiger partial charge in [0.05, 0.1) is 18.4 Å². The highest BCUT2D eigenvalue weighted by Crippen LogP contribution is 2.13. The zero-order valence-corrected chi connectivity index (χ0v) is 17.7. The number of anilines is 2. The van der Waals surface area contributed by atoms with Crippen LogP contribution >= 0.6 is 0 Å². The standard InChI is InChI=1S/C19H18N10O6/c20-19-26-14-13(16(31)27-19)24-10(7-23-14)6-22-9-3-1-8(2-4-9)15(30)25-11(17(32)33)5-12(18(34)35)28-29-21/h1-4,7,11-12,22H,5-6H2,(H,25,30)(H,32,33)(H,34,35)(H3,20,23,26,27,31)/i12D. The Morgan fingerprint density at radius 2 is 1.94 bits per heavy atom. The van der Waals surface area contributed by atoms with Crippen molar-refractivity contribution in [3.8, 4) is 0 Å². The number of rotatable bonds is 10. The Balaban J connectivity index is 1.67. The fraction of sp³-hybridized carbons (Fsp3) is 0.211. The minimum Gasteiger partial charge on any atom is -0.481 e. The number of benzene rings is 1. The molecular formula is C19H18N10O6. The highest BCUT2D eigenvalue weighted by Gasteiger charge is 2.28. The average molecular weight is 483 g/mol. The van der Waals surface area contributed by atoms with Crippen LogP contribution in [-0.2, 0) is 16.1 Å². The summed E-state index contributed by atoms with van der Waals surface area (Å²) in [6.07, 6.45) is 0.416. The monoisotopic (exact) mass is 483 g/mol. The number of azide groups is 1. The van der Waals surface area contributed by atoms with Crippen molar-refractivity contribution in [2.75, 3.05) is 11.1 Å². The van der Waals surface area contributed by atoms with Gasteiger partial charge >= 0.3 is 11.9 Å². The maximum Gasteiger partial charge on any atom is 0.326 e. The van der Waals surface area contributed by atoms with E-state index in [0.29, 0.717) is 11.4 Å². The van der Waals surface area contributed by atoms with Crippen LogP contribution in [0.15, 0.2) is 40.4 Å². The molecular weight excluding hydrogens is 464 g/mol. The Morgan fingerprint density at radius 3 is 2.57 bits per heavy atom. The number of nitrogen functional groups attached to an aromatic ring is 1. The average Bonchev–Trinajstić information content (AvgIpc) is 2.82.